The third-order valence-corrected chi connectivity index (χ3v) is 9.31. The monoisotopic (exact) mass is 541 g/mol. The number of para-hydroxylation sites is 1. The summed E-state index contributed by atoms with van der Waals surface area (Å²) in [5, 5.41) is 6.38. The van der Waals surface area contributed by atoms with Gasteiger partial charge in [0.05, 0.1) is 22.2 Å². The van der Waals surface area contributed by atoms with Crippen molar-refractivity contribution in [2.24, 2.45) is 0 Å². The third kappa shape index (κ3) is 3.41. The van der Waals surface area contributed by atoms with Crippen molar-refractivity contribution in [1.82, 2.24) is 14.1 Å². The number of nitrogens with zero attached hydrogens (tertiary/aromatic N) is 3. The van der Waals surface area contributed by atoms with Gasteiger partial charge in [0.2, 0.25) is 0 Å². The predicted molar refractivity (Wildman–Crippen MR) is 174 cm³/mol. The van der Waals surface area contributed by atoms with E-state index in [9.17, 15) is 0 Å². The molecule has 0 aliphatic carbocycles. The molecule has 5 aromatic carbocycles. The van der Waals surface area contributed by atoms with Crippen molar-refractivity contribution in [3.63, 3.8) is 0 Å². The predicted octanol–water partition coefficient (Wildman–Crippen LogP) is 10.2. The fourth-order valence-electron chi connectivity index (χ4n) is 6.29. The molecule has 0 spiro atoms. The Morgan fingerprint density at radius 1 is 0.512 bits per heavy atom. The molecule has 4 heterocycles. The van der Waals surface area contributed by atoms with Crippen molar-refractivity contribution in [2.45, 2.75) is 0 Å². The van der Waals surface area contributed by atoms with Gasteiger partial charge in [-0.25, -0.2) is 0 Å². The second kappa shape index (κ2) is 8.65. The lowest BCUT2D eigenvalue weighted by atomic mass is 10.1. The highest BCUT2D eigenvalue weighted by Gasteiger charge is 2.18. The van der Waals surface area contributed by atoms with Crippen molar-refractivity contribution in [3.05, 3.63) is 140 Å². The van der Waals surface area contributed by atoms with E-state index in [-0.39, 0.29) is 0 Å². The quantitative estimate of drug-likeness (QED) is 0.218. The van der Waals surface area contributed by atoms with Crippen LogP contribution in [0.25, 0.3) is 75.5 Å². The van der Waals surface area contributed by atoms with E-state index in [0.717, 1.165) is 16.9 Å². The molecule has 0 amide bonds. The molecule has 4 heteroatoms. The summed E-state index contributed by atoms with van der Waals surface area (Å²) < 4.78 is 7.35. The topological polar surface area (TPSA) is 22.8 Å². The summed E-state index contributed by atoms with van der Waals surface area (Å²) >= 11 is 1.87. The molecule has 0 bridgehead atoms. The Morgan fingerprint density at radius 2 is 1.32 bits per heavy atom. The zero-order chi connectivity index (χ0) is 26.9. The number of pyridine rings is 1. The van der Waals surface area contributed by atoms with Crippen molar-refractivity contribution in [2.75, 3.05) is 0 Å². The van der Waals surface area contributed by atoms with Gasteiger partial charge in [0.1, 0.15) is 0 Å². The van der Waals surface area contributed by atoms with Crippen molar-refractivity contribution < 1.29 is 0 Å². The largest absolute Gasteiger partial charge is 0.317 e. The van der Waals surface area contributed by atoms with Crippen LogP contribution in [-0.2, 0) is 0 Å². The molecule has 0 unspecified atom stereocenters. The van der Waals surface area contributed by atoms with E-state index < -0.39 is 0 Å². The summed E-state index contributed by atoms with van der Waals surface area (Å²) in [5.74, 6) is 0. The zero-order valence-corrected chi connectivity index (χ0v) is 22.8. The highest BCUT2D eigenvalue weighted by molar-refractivity contribution is 7.25. The van der Waals surface area contributed by atoms with Gasteiger partial charge in [-0.05, 0) is 72.8 Å². The molecule has 0 saturated heterocycles. The van der Waals surface area contributed by atoms with Crippen LogP contribution in [0.3, 0.4) is 0 Å². The van der Waals surface area contributed by atoms with Crippen LogP contribution < -0.4 is 0 Å². The number of hydrogen-bond donors (Lipinski definition) is 0. The van der Waals surface area contributed by atoms with E-state index in [4.69, 9.17) is 0 Å². The lowest BCUT2D eigenvalue weighted by Crippen LogP contribution is -1.95. The Labute approximate surface area is 240 Å². The van der Waals surface area contributed by atoms with Crippen LogP contribution in [0.1, 0.15) is 0 Å². The summed E-state index contributed by atoms with van der Waals surface area (Å²) in [7, 11) is 0. The minimum Gasteiger partial charge on any atom is -0.317 e. The average molecular weight is 542 g/mol. The Hall–Kier alpha value is -5.19. The molecule has 0 atom stereocenters. The number of thiophene rings is 1. The SMILES string of the molecule is c1ccc(-n2ccc3cc4c(cc32)c2cc3c(cc2n4-c2cccc(-c4ccccn4)c2)sc2ccccc23)cc1. The molecule has 0 aliphatic rings. The smallest absolute Gasteiger partial charge is 0.0702 e. The summed E-state index contributed by atoms with van der Waals surface area (Å²) in [5.41, 5.74) is 8.02. The molecule has 9 rings (SSSR count). The maximum atomic E-state index is 4.62. The molecule has 0 fully saturated rings. The molecule has 4 aromatic heterocycles. The van der Waals surface area contributed by atoms with Crippen LogP contribution in [0.4, 0.5) is 0 Å². The van der Waals surface area contributed by atoms with Gasteiger partial charge in [-0.1, -0.05) is 54.6 Å². The Morgan fingerprint density at radius 3 is 2.22 bits per heavy atom. The van der Waals surface area contributed by atoms with Gasteiger partial charge in [-0.15, -0.1) is 11.3 Å². The Kier molecular flexibility index (Phi) is 4.77. The van der Waals surface area contributed by atoms with Crippen LogP contribution in [0, 0.1) is 0 Å². The maximum absolute atomic E-state index is 4.62. The highest BCUT2D eigenvalue weighted by atomic mass is 32.1. The molecule has 41 heavy (non-hydrogen) atoms. The molecular formula is C37H23N3S. The lowest BCUT2D eigenvalue weighted by molar-refractivity contribution is 1.13. The number of rotatable bonds is 3. The standard InChI is InChI=1S/C37H23N3S/c1-2-10-26(11-3-1)39-18-16-25-20-34-30(22-33(25)39)29-21-31-28-13-4-5-15-36(28)41-37(31)23-35(29)40(34)27-12-8-9-24(19-27)32-14-6-7-17-38-32/h1-23H. The molecule has 9 aromatic rings. The molecular weight excluding hydrogens is 518 g/mol. The van der Waals surface area contributed by atoms with Crippen molar-refractivity contribution in [1.29, 1.82) is 0 Å². The van der Waals surface area contributed by atoms with Gasteiger partial charge in [-0.2, -0.15) is 0 Å². The first-order chi connectivity index (χ1) is 20.3. The number of aromatic nitrogens is 3. The first-order valence-corrected chi connectivity index (χ1v) is 14.6. The maximum Gasteiger partial charge on any atom is 0.0702 e. The molecule has 192 valence electrons. The number of hydrogen-bond acceptors (Lipinski definition) is 2. The van der Waals surface area contributed by atoms with Gasteiger partial charge in [0.25, 0.3) is 0 Å². The molecule has 0 N–H and O–H groups in total. The van der Waals surface area contributed by atoms with Crippen LogP contribution in [-0.4, -0.2) is 14.1 Å². The number of benzene rings is 5. The normalized spacial score (nSPS) is 11.9. The molecule has 0 radical (unpaired) electrons. The third-order valence-electron chi connectivity index (χ3n) is 8.17. The molecule has 0 aliphatic heterocycles. The van der Waals surface area contributed by atoms with Crippen LogP contribution in [0.5, 0.6) is 0 Å². The Balaban J connectivity index is 1.40. The average Bonchev–Trinajstić information content (AvgIpc) is 3.71. The highest BCUT2D eigenvalue weighted by Crippen LogP contribution is 2.42. The first kappa shape index (κ1) is 22.6. The fraction of sp³-hybridized carbons (Fsp3) is 0. The summed E-state index contributed by atoms with van der Waals surface area (Å²) in [4.78, 5) is 4.62. The number of fused-ring (bicyclic) bond motifs is 7. The summed E-state index contributed by atoms with van der Waals surface area (Å²) in [6.45, 7) is 0. The fourth-order valence-corrected chi connectivity index (χ4v) is 7.41. The van der Waals surface area contributed by atoms with Crippen LogP contribution >= 0.6 is 11.3 Å². The van der Waals surface area contributed by atoms with Crippen LogP contribution in [0.15, 0.2) is 140 Å². The second-order valence-corrected chi connectivity index (χ2v) is 11.6. The summed E-state index contributed by atoms with van der Waals surface area (Å²) in [6, 6.07) is 45.9. The van der Waals surface area contributed by atoms with Gasteiger partial charge >= 0.3 is 0 Å². The van der Waals surface area contributed by atoms with Gasteiger partial charge in [0, 0.05) is 65.7 Å². The van der Waals surface area contributed by atoms with E-state index in [1.165, 1.54) is 58.6 Å². The lowest BCUT2D eigenvalue weighted by Gasteiger charge is -2.10. The first-order valence-electron chi connectivity index (χ1n) is 13.8. The van der Waals surface area contributed by atoms with E-state index in [2.05, 4.69) is 136 Å². The minimum atomic E-state index is 0.976. The Bertz CT molecular complexity index is 2410. The molecule has 0 saturated carbocycles. The van der Waals surface area contributed by atoms with E-state index >= 15 is 0 Å². The van der Waals surface area contributed by atoms with E-state index in [1.54, 1.807) is 0 Å². The van der Waals surface area contributed by atoms with Crippen molar-refractivity contribution in [3.8, 4) is 22.6 Å². The second-order valence-electron chi connectivity index (χ2n) is 10.5. The van der Waals surface area contributed by atoms with Gasteiger partial charge < -0.3 is 9.13 Å². The molecule has 3 nitrogen and oxygen atoms in total. The van der Waals surface area contributed by atoms with E-state index in [0.29, 0.717) is 0 Å². The van der Waals surface area contributed by atoms with Gasteiger partial charge in [0.15, 0.2) is 0 Å². The van der Waals surface area contributed by atoms with E-state index in [1.807, 2.05) is 29.7 Å². The van der Waals surface area contributed by atoms with Gasteiger partial charge in [-0.3, -0.25) is 4.98 Å². The summed E-state index contributed by atoms with van der Waals surface area (Å²) in [6.07, 6.45) is 4.03. The minimum absolute atomic E-state index is 0.976. The zero-order valence-electron chi connectivity index (χ0n) is 22.0. The van der Waals surface area contributed by atoms with Crippen LogP contribution in [0.2, 0.25) is 0 Å². The van der Waals surface area contributed by atoms with Crippen molar-refractivity contribution >= 4 is 64.2 Å².